The van der Waals surface area contributed by atoms with Crippen LogP contribution < -0.4 is 0 Å². The molecule has 1 amide bonds. The lowest BCUT2D eigenvalue weighted by atomic mass is 10.1. The Morgan fingerprint density at radius 2 is 2.00 bits per heavy atom. The average Bonchev–Trinajstić information content (AvgIpc) is 3.14. The highest BCUT2D eigenvalue weighted by molar-refractivity contribution is 6.38. The molecule has 0 radical (unpaired) electrons. The number of nitrogens with zero attached hydrogens (tertiary/aromatic N) is 3. The smallest absolute Gasteiger partial charge is 0.255 e. The van der Waals surface area contributed by atoms with Crippen molar-refractivity contribution in [1.29, 1.82) is 0 Å². The average molecular weight is 456 g/mol. The molecule has 160 valence electrons. The molecule has 1 fully saturated rings. The van der Waals surface area contributed by atoms with Gasteiger partial charge >= 0.3 is 0 Å². The van der Waals surface area contributed by atoms with Gasteiger partial charge in [-0.05, 0) is 49.2 Å². The van der Waals surface area contributed by atoms with Crippen molar-refractivity contribution in [3.63, 3.8) is 0 Å². The van der Waals surface area contributed by atoms with Crippen LogP contribution in [0.15, 0.2) is 24.3 Å². The van der Waals surface area contributed by atoms with Crippen LogP contribution in [0, 0.1) is 19.3 Å². The lowest BCUT2D eigenvalue weighted by molar-refractivity contribution is 0.0303. The molecule has 0 bridgehead atoms. The molecule has 31 heavy (non-hydrogen) atoms. The first-order valence-corrected chi connectivity index (χ1v) is 11.0. The Morgan fingerprint density at radius 3 is 2.68 bits per heavy atom. The largest absolute Gasteiger partial charge is 0.378 e. The van der Waals surface area contributed by atoms with Crippen molar-refractivity contribution in [1.82, 2.24) is 14.5 Å². The molecule has 4 rings (SSSR count). The Hall–Kier alpha value is -2.52. The third-order valence-electron chi connectivity index (χ3n) is 5.66. The normalized spacial score (nSPS) is 14.1. The zero-order valence-electron chi connectivity index (χ0n) is 17.5. The Kier molecular flexibility index (Phi) is 6.24. The maximum atomic E-state index is 13.0. The van der Waals surface area contributed by atoms with Crippen LogP contribution in [0.4, 0.5) is 0 Å². The molecule has 2 aromatic carbocycles. The molecule has 2 heterocycles. The van der Waals surface area contributed by atoms with Gasteiger partial charge in [-0.1, -0.05) is 29.1 Å². The van der Waals surface area contributed by atoms with Gasteiger partial charge in [-0.15, -0.1) is 6.42 Å². The summed E-state index contributed by atoms with van der Waals surface area (Å²) in [5, 5.41) is 0.888. The number of amides is 1. The van der Waals surface area contributed by atoms with E-state index in [-0.39, 0.29) is 5.91 Å². The highest BCUT2D eigenvalue weighted by Gasteiger charge is 2.24. The summed E-state index contributed by atoms with van der Waals surface area (Å²) >= 11 is 13.2. The van der Waals surface area contributed by atoms with Crippen molar-refractivity contribution in [3.05, 3.63) is 62.4 Å². The molecule has 0 aliphatic carbocycles. The van der Waals surface area contributed by atoms with Gasteiger partial charge in [-0.25, -0.2) is 4.98 Å². The molecular weight excluding hydrogens is 433 g/mol. The molecule has 1 aliphatic heterocycles. The topological polar surface area (TPSA) is 47.4 Å². The summed E-state index contributed by atoms with van der Waals surface area (Å²) < 4.78 is 7.46. The summed E-state index contributed by atoms with van der Waals surface area (Å²) in [5.74, 6) is 3.43. The molecule has 3 aromatic rings. The van der Waals surface area contributed by atoms with Gasteiger partial charge in [-0.2, -0.15) is 0 Å². The summed E-state index contributed by atoms with van der Waals surface area (Å²) in [7, 11) is 0. The number of hydrogen-bond donors (Lipinski definition) is 0. The van der Waals surface area contributed by atoms with E-state index in [2.05, 4.69) is 17.4 Å². The number of carbonyl (C=O) groups excluding carboxylic acids is 1. The zero-order valence-corrected chi connectivity index (χ0v) is 19.1. The Bertz CT molecular complexity index is 1200. The molecule has 7 heteroatoms. The van der Waals surface area contributed by atoms with Crippen molar-refractivity contribution in [2.24, 2.45) is 0 Å². The van der Waals surface area contributed by atoms with Gasteiger partial charge in [-0.3, -0.25) is 4.79 Å². The van der Waals surface area contributed by atoms with Gasteiger partial charge in [0.1, 0.15) is 5.82 Å². The van der Waals surface area contributed by atoms with Crippen molar-refractivity contribution >= 4 is 40.1 Å². The lowest BCUT2D eigenvalue weighted by Gasteiger charge is -2.27. The molecule has 0 N–H and O–H groups in total. The SMILES string of the molecule is C#Cc1cc(C)c2nc(Cc3c(Cl)ccc(C(=O)N4CCOCC4)c3Cl)n(CC)c2c1. The van der Waals surface area contributed by atoms with E-state index in [9.17, 15) is 4.79 Å². The van der Waals surface area contributed by atoms with Gasteiger partial charge in [0.15, 0.2) is 0 Å². The second kappa shape index (κ2) is 8.92. The number of rotatable bonds is 4. The molecular formula is C24H23Cl2N3O2. The minimum absolute atomic E-state index is 0.107. The van der Waals surface area contributed by atoms with Crippen LogP contribution >= 0.6 is 23.2 Å². The lowest BCUT2D eigenvalue weighted by Crippen LogP contribution is -2.40. The van der Waals surface area contributed by atoms with Gasteiger partial charge in [0.2, 0.25) is 0 Å². The molecule has 0 atom stereocenters. The highest BCUT2D eigenvalue weighted by Crippen LogP contribution is 2.32. The third-order valence-corrected chi connectivity index (χ3v) is 6.44. The van der Waals surface area contributed by atoms with Crippen molar-refractivity contribution < 1.29 is 9.53 Å². The standard InChI is InChI=1S/C24H23Cl2N3O2/c1-4-16-12-15(3)23-20(13-16)29(5-2)21(27-23)14-18-19(25)7-6-17(22(18)26)24(30)28-8-10-31-11-9-28/h1,6-7,12-13H,5,8-11,14H2,2-3H3. The van der Waals surface area contributed by atoms with Crippen molar-refractivity contribution in [2.75, 3.05) is 26.3 Å². The summed E-state index contributed by atoms with van der Waals surface area (Å²) in [5.41, 5.74) is 4.88. The van der Waals surface area contributed by atoms with E-state index in [0.29, 0.717) is 53.9 Å². The van der Waals surface area contributed by atoms with Crippen LogP contribution in [0.2, 0.25) is 10.0 Å². The number of morpholine rings is 1. The van der Waals surface area contributed by atoms with Crippen LogP contribution in [0.25, 0.3) is 11.0 Å². The number of aryl methyl sites for hydroxylation is 2. The fraction of sp³-hybridized carbons (Fsp3) is 0.333. The molecule has 5 nitrogen and oxygen atoms in total. The second-order valence-electron chi connectivity index (χ2n) is 7.55. The maximum absolute atomic E-state index is 13.0. The number of imidazole rings is 1. The van der Waals surface area contributed by atoms with Crippen LogP contribution in [0.3, 0.4) is 0 Å². The molecule has 0 saturated carbocycles. The van der Waals surface area contributed by atoms with Gasteiger partial charge in [0.25, 0.3) is 5.91 Å². The highest BCUT2D eigenvalue weighted by atomic mass is 35.5. The number of carbonyl (C=O) groups is 1. The fourth-order valence-corrected chi connectivity index (χ4v) is 4.62. The summed E-state index contributed by atoms with van der Waals surface area (Å²) in [4.78, 5) is 19.6. The molecule has 0 spiro atoms. The van der Waals surface area contributed by atoms with Gasteiger partial charge in [0.05, 0.1) is 34.8 Å². The Balaban J connectivity index is 1.76. The fourth-order valence-electron chi connectivity index (χ4n) is 4.03. The van der Waals surface area contributed by atoms with E-state index in [4.69, 9.17) is 39.3 Å². The van der Waals surface area contributed by atoms with Gasteiger partial charge < -0.3 is 14.2 Å². The minimum Gasteiger partial charge on any atom is -0.378 e. The number of hydrogen-bond acceptors (Lipinski definition) is 3. The predicted molar refractivity (Wildman–Crippen MR) is 124 cm³/mol. The third kappa shape index (κ3) is 4.04. The number of fused-ring (bicyclic) bond motifs is 1. The number of halogens is 2. The summed E-state index contributed by atoms with van der Waals surface area (Å²) in [6.07, 6.45) is 6.03. The first-order valence-electron chi connectivity index (χ1n) is 10.2. The quantitative estimate of drug-likeness (QED) is 0.534. The van der Waals surface area contributed by atoms with E-state index in [1.165, 1.54) is 0 Å². The monoisotopic (exact) mass is 455 g/mol. The van der Waals surface area contributed by atoms with Crippen LogP contribution in [-0.4, -0.2) is 46.7 Å². The number of aromatic nitrogens is 2. The predicted octanol–water partition coefficient (Wildman–Crippen LogP) is 4.72. The van der Waals surface area contributed by atoms with E-state index in [1.54, 1.807) is 17.0 Å². The number of ether oxygens (including phenoxy) is 1. The molecule has 0 unspecified atom stereocenters. The summed E-state index contributed by atoms with van der Waals surface area (Å²) in [6.45, 7) is 6.95. The van der Waals surface area contributed by atoms with Crippen LogP contribution in [-0.2, 0) is 17.7 Å². The maximum Gasteiger partial charge on any atom is 0.255 e. The minimum atomic E-state index is -0.107. The Labute approximate surface area is 191 Å². The Morgan fingerprint density at radius 1 is 1.26 bits per heavy atom. The molecule has 1 saturated heterocycles. The van der Waals surface area contributed by atoms with Crippen LogP contribution in [0.1, 0.15) is 39.8 Å². The number of benzene rings is 2. The zero-order chi connectivity index (χ0) is 22.1. The first-order chi connectivity index (χ1) is 14.9. The van der Waals surface area contributed by atoms with E-state index < -0.39 is 0 Å². The first kappa shape index (κ1) is 21.7. The molecule has 1 aromatic heterocycles. The van der Waals surface area contributed by atoms with Crippen molar-refractivity contribution in [2.45, 2.75) is 26.8 Å². The van der Waals surface area contributed by atoms with Gasteiger partial charge in [0, 0.05) is 36.6 Å². The van der Waals surface area contributed by atoms with E-state index >= 15 is 0 Å². The van der Waals surface area contributed by atoms with Crippen LogP contribution in [0.5, 0.6) is 0 Å². The van der Waals surface area contributed by atoms with E-state index in [0.717, 1.165) is 34.5 Å². The van der Waals surface area contributed by atoms with Crippen molar-refractivity contribution in [3.8, 4) is 12.3 Å². The second-order valence-corrected chi connectivity index (χ2v) is 8.33. The van der Waals surface area contributed by atoms with E-state index in [1.807, 2.05) is 19.1 Å². The molecule has 1 aliphatic rings. The number of terminal acetylenes is 1. The summed E-state index contributed by atoms with van der Waals surface area (Å²) in [6, 6.07) is 7.36.